The van der Waals surface area contributed by atoms with Crippen molar-refractivity contribution in [2.45, 2.75) is 12.8 Å². The van der Waals surface area contributed by atoms with Crippen LogP contribution in [0.2, 0.25) is 5.02 Å². The number of hydrogen-bond donors (Lipinski definition) is 0. The smallest absolute Gasteiger partial charge is 0.304 e. The molecule has 7 heteroatoms. The lowest BCUT2D eigenvalue weighted by Crippen LogP contribution is -2.20. The highest BCUT2D eigenvalue weighted by Crippen LogP contribution is 2.22. The van der Waals surface area contributed by atoms with Gasteiger partial charge in [0, 0.05) is 5.02 Å². The Bertz CT molecular complexity index is 626. The zero-order chi connectivity index (χ0) is 13.3. The minimum absolute atomic E-state index is 0.0726. The number of halogens is 4. The van der Waals surface area contributed by atoms with Crippen LogP contribution in [0.4, 0.5) is 13.2 Å². The lowest BCUT2D eigenvalue weighted by Gasteiger charge is -2.09. The second-order valence-corrected chi connectivity index (χ2v) is 3.81. The molecule has 0 saturated carbocycles. The molecule has 0 radical (unpaired) electrons. The van der Waals surface area contributed by atoms with E-state index in [1.165, 1.54) is 18.2 Å². The van der Waals surface area contributed by atoms with Crippen LogP contribution in [0.5, 0.6) is 5.95 Å². The number of fused-ring (bicyclic) bond motifs is 1. The molecule has 3 nitrogen and oxygen atoms in total. The zero-order valence-electron chi connectivity index (χ0n) is 8.70. The van der Waals surface area contributed by atoms with Crippen molar-refractivity contribution in [2.24, 2.45) is 0 Å². The number of hydrogen-bond acceptors (Lipinski definition) is 3. The molecule has 96 valence electrons. The Hall–Kier alpha value is -1.69. The van der Waals surface area contributed by atoms with Crippen LogP contribution >= 0.6 is 11.6 Å². The Kier molecular flexibility index (Phi) is 3.47. The van der Waals surface area contributed by atoms with Crippen LogP contribution < -0.4 is 10.2 Å². The molecule has 1 atom stereocenters. The summed E-state index contributed by atoms with van der Waals surface area (Å²) < 4.78 is 45.7. The van der Waals surface area contributed by atoms with Gasteiger partial charge in [-0.25, -0.2) is 8.78 Å². The van der Waals surface area contributed by atoms with Crippen molar-refractivity contribution in [2.75, 3.05) is 0 Å². The second-order valence-electron chi connectivity index (χ2n) is 3.37. The van der Waals surface area contributed by atoms with Gasteiger partial charge in [-0.15, -0.1) is 0 Å². The molecule has 0 fully saturated rings. The van der Waals surface area contributed by atoms with Gasteiger partial charge in [-0.2, -0.15) is 4.39 Å². The first kappa shape index (κ1) is 12.8. The molecule has 0 spiro atoms. The van der Waals surface area contributed by atoms with Crippen LogP contribution in [0.1, 0.15) is 0 Å². The maximum Gasteiger partial charge on any atom is 0.304 e. The van der Waals surface area contributed by atoms with Crippen molar-refractivity contribution in [1.82, 2.24) is 0 Å². The summed E-state index contributed by atoms with van der Waals surface area (Å²) >= 11 is 5.69. The molecule has 1 heterocycles. The molecule has 18 heavy (non-hydrogen) atoms. The number of rotatable bonds is 3. The van der Waals surface area contributed by atoms with E-state index >= 15 is 0 Å². The van der Waals surface area contributed by atoms with Crippen LogP contribution in [-0.4, -0.2) is 12.8 Å². The van der Waals surface area contributed by atoms with Crippen LogP contribution in [-0.2, 0) is 0 Å². The lowest BCUT2D eigenvalue weighted by atomic mass is 10.2. The van der Waals surface area contributed by atoms with Gasteiger partial charge in [-0.3, -0.25) is 4.79 Å². The van der Waals surface area contributed by atoms with Gasteiger partial charge in [-0.05, 0) is 18.2 Å². The van der Waals surface area contributed by atoms with Crippen LogP contribution in [0, 0.1) is 0 Å². The van der Waals surface area contributed by atoms with E-state index < -0.39 is 24.2 Å². The third-order valence-corrected chi connectivity index (χ3v) is 2.33. The number of ether oxygens (including phenoxy) is 1. The Balaban J connectivity index is 2.43. The number of alkyl halides is 3. The first-order valence-corrected chi connectivity index (χ1v) is 5.17. The third kappa shape index (κ3) is 2.59. The van der Waals surface area contributed by atoms with E-state index in [1.807, 2.05) is 0 Å². The molecule has 0 aliphatic carbocycles. The molecule has 0 saturated heterocycles. The fourth-order valence-electron chi connectivity index (χ4n) is 1.33. The van der Waals surface area contributed by atoms with Gasteiger partial charge in [0.05, 0.1) is 11.5 Å². The third-order valence-electron chi connectivity index (χ3n) is 2.09. The minimum atomic E-state index is -3.32. The number of benzene rings is 1. The largest absolute Gasteiger partial charge is 0.425 e. The Labute approximate surface area is 104 Å². The molecule has 0 bridgehead atoms. The van der Waals surface area contributed by atoms with E-state index in [2.05, 4.69) is 4.74 Å². The summed E-state index contributed by atoms with van der Waals surface area (Å²) in [6, 6.07) is 4.94. The summed E-state index contributed by atoms with van der Waals surface area (Å²) in [6.45, 7) is 0. The van der Waals surface area contributed by atoms with Crippen molar-refractivity contribution in [1.29, 1.82) is 0 Å². The summed E-state index contributed by atoms with van der Waals surface area (Å²) in [7, 11) is 0. The van der Waals surface area contributed by atoms with Gasteiger partial charge in [0.25, 0.3) is 5.95 Å². The monoisotopic (exact) mass is 278 g/mol. The minimum Gasteiger partial charge on any atom is -0.425 e. The molecule has 0 amide bonds. The molecule has 1 aromatic carbocycles. The van der Waals surface area contributed by atoms with Crippen LogP contribution in [0.3, 0.4) is 0 Å². The molecule has 1 unspecified atom stereocenters. The van der Waals surface area contributed by atoms with Crippen molar-refractivity contribution in [3.8, 4) is 5.95 Å². The first-order chi connectivity index (χ1) is 8.47. The van der Waals surface area contributed by atoms with E-state index in [0.29, 0.717) is 5.02 Å². The summed E-state index contributed by atoms with van der Waals surface area (Å²) in [5.41, 5.74) is -0.487. The normalized spacial score (nSPS) is 12.9. The van der Waals surface area contributed by atoms with Crippen molar-refractivity contribution in [3.05, 3.63) is 39.5 Å². The van der Waals surface area contributed by atoms with E-state index in [9.17, 15) is 18.0 Å². The van der Waals surface area contributed by atoms with Gasteiger partial charge >= 0.3 is 12.8 Å². The maximum absolute atomic E-state index is 12.7. The van der Waals surface area contributed by atoms with Gasteiger partial charge in [-0.1, -0.05) is 11.6 Å². The molecule has 1 aromatic heterocycles. The lowest BCUT2D eigenvalue weighted by molar-refractivity contribution is -0.0767. The van der Waals surface area contributed by atoms with Crippen molar-refractivity contribution in [3.63, 3.8) is 0 Å². The quantitative estimate of drug-likeness (QED) is 0.864. The summed E-state index contributed by atoms with van der Waals surface area (Å²) in [5.74, 6) is -0.609. The van der Waals surface area contributed by atoms with Gasteiger partial charge in [0.2, 0.25) is 0 Å². The van der Waals surface area contributed by atoms with Gasteiger partial charge < -0.3 is 9.15 Å². The summed E-state index contributed by atoms with van der Waals surface area (Å²) in [4.78, 5) is 11.6. The molecule has 2 rings (SSSR count). The molecule has 0 N–H and O–H groups in total. The van der Waals surface area contributed by atoms with E-state index in [4.69, 9.17) is 16.0 Å². The maximum atomic E-state index is 12.7. The summed E-state index contributed by atoms with van der Waals surface area (Å²) in [6.07, 6.45) is -6.17. The van der Waals surface area contributed by atoms with Crippen molar-refractivity contribution < 1.29 is 22.3 Å². The van der Waals surface area contributed by atoms with E-state index in [0.717, 1.165) is 6.07 Å². The van der Waals surface area contributed by atoms with Gasteiger partial charge in [0.1, 0.15) is 5.58 Å². The topological polar surface area (TPSA) is 39.4 Å². The predicted molar refractivity (Wildman–Crippen MR) is 59.0 cm³/mol. The molecular formula is C11H6ClF3O3. The standard InChI is InChI=1S/C11H6ClF3O3/c12-5-1-2-8-6(3-5)7(16)4-9(17-8)18-11(15)10(13)14/h1-4,10-11H. The average Bonchev–Trinajstić information content (AvgIpc) is 2.30. The Morgan fingerprint density at radius 3 is 2.61 bits per heavy atom. The molecular weight excluding hydrogens is 273 g/mol. The van der Waals surface area contributed by atoms with Gasteiger partial charge in [0.15, 0.2) is 5.43 Å². The average molecular weight is 279 g/mol. The fraction of sp³-hybridized carbons (Fsp3) is 0.182. The summed E-state index contributed by atoms with van der Waals surface area (Å²) in [5, 5.41) is 0.474. The molecule has 0 aliphatic heterocycles. The first-order valence-electron chi connectivity index (χ1n) is 4.79. The highest BCUT2D eigenvalue weighted by atomic mass is 35.5. The predicted octanol–water partition coefficient (Wildman–Crippen LogP) is 3.39. The highest BCUT2D eigenvalue weighted by Gasteiger charge is 2.22. The van der Waals surface area contributed by atoms with E-state index in [1.54, 1.807) is 0 Å². The highest BCUT2D eigenvalue weighted by molar-refractivity contribution is 6.31. The van der Waals surface area contributed by atoms with Crippen molar-refractivity contribution >= 4 is 22.6 Å². The molecule has 2 aromatic rings. The SMILES string of the molecule is O=c1cc(OC(F)C(F)F)oc2ccc(Cl)cc12. The fourth-order valence-corrected chi connectivity index (χ4v) is 1.50. The van der Waals surface area contributed by atoms with Crippen LogP contribution in [0.25, 0.3) is 11.0 Å². The second kappa shape index (κ2) is 4.89. The Morgan fingerprint density at radius 2 is 1.94 bits per heavy atom. The van der Waals surface area contributed by atoms with Crippen LogP contribution in [0.15, 0.2) is 33.5 Å². The van der Waals surface area contributed by atoms with E-state index in [-0.39, 0.29) is 11.0 Å². The Morgan fingerprint density at radius 1 is 1.22 bits per heavy atom. The molecule has 0 aliphatic rings. The zero-order valence-corrected chi connectivity index (χ0v) is 9.46.